The molecule has 2 aromatic carbocycles. The van der Waals surface area contributed by atoms with Crippen LogP contribution in [0.4, 0.5) is 10.5 Å². The molecule has 0 fully saturated rings. The fourth-order valence-corrected chi connectivity index (χ4v) is 8.58. The van der Waals surface area contributed by atoms with Crippen molar-refractivity contribution in [2.24, 2.45) is 33.5 Å². The van der Waals surface area contributed by atoms with Gasteiger partial charge in [-0.2, -0.15) is 0 Å². The number of ether oxygens (including phenoxy) is 3. The molecular weight excluding hydrogens is 925 g/mol. The number of nitrogens with zero attached hydrogens (tertiary/aromatic N) is 2. The topological polar surface area (TPSA) is 251 Å². The van der Waals surface area contributed by atoms with E-state index in [9.17, 15) is 19.2 Å². The number of amidine groups is 1. The van der Waals surface area contributed by atoms with E-state index < -0.39 is 35.5 Å². The van der Waals surface area contributed by atoms with Gasteiger partial charge in [0, 0.05) is 54.3 Å². The molecule has 0 saturated heterocycles. The predicted octanol–water partition coefficient (Wildman–Crippen LogP) is 5.78. The normalized spacial score (nSPS) is 16.0. The second kappa shape index (κ2) is 28.5. The number of hydrogen-bond acceptors (Lipinski definition) is 12. The summed E-state index contributed by atoms with van der Waals surface area (Å²) in [5, 5.41) is 17.4. The second-order valence-corrected chi connectivity index (χ2v) is 21.2. The highest BCUT2D eigenvalue weighted by Gasteiger charge is 2.38. The van der Waals surface area contributed by atoms with Crippen LogP contribution >= 0.6 is 0 Å². The molecule has 4 amide bonds. The largest absolute Gasteiger partial charge is 0.496 e. The highest BCUT2D eigenvalue weighted by molar-refractivity contribution is 5.98. The molecule has 3 aromatic rings. The zero-order chi connectivity index (χ0) is 53.8. The number of aromatic nitrogens is 1. The van der Waals surface area contributed by atoms with Crippen molar-refractivity contribution in [1.29, 1.82) is 0 Å². The van der Waals surface area contributed by atoms with Gasteiger partial charge in [0.05, 0.1) is 38.3 Å². The van der Waals surface area contributed by atoms with Gasteiger partial charge in [-0.05, 0) is 91.5 Å². The number of carbonyl (C=O) groups is 4. The number of urea groups is 1. The number of esters is 1. The third-order valence-electron chi connectivity index (χ3n) is 13.6. The van der Waals surface area contributed by atoms with Crippen molar-refractivity contribution in [2.75, 3.05) is 45.3 Å². The number of nitrogens with two attached hydrogens (primary N) is 3. The summed E-state index contributed by atoms with van der Waals surface area (Å²) < 4.78 is 20.6. The van der Waals surface area contributed by atoms with Crippen LogP contribution in [-0.2, 0) is 42.4 Å². The van der Waals surface area contributed by atoms with E-state index in [0.717, 1.165) is 83.9 Å². The average molecular weight is 1010 g/mol. The third-order valence-corrected chi connectivity index (χ3v) is 13.6. The Kier molecular flexibility index (Phi) is 23.3. The Hall–Kier alpha value is -5.91. The summed E-state index contributed by atoms with van der Waals surface area (Å²) in [7, 11) is 1.72. The smallest absolute Gasteiger partial charge is 0.326 e. The molecule has 0 aliphatic carbocycles. The number of carbonyl (C=O) groups excluding carboxylic acids is 4. The van der Waals surface area contributed by atoms with Crippen LogP contribution in [0.25, 0.3) is 11.9 Å². The minimum Gasteiger partial charge on any atom is -0.496 e. The van der Waals surface area contributed by atoms with Crippen LogP contribution in [0.1, 0.15) is 143 Å². The van der Waals surface area contributed by atoms with E-state index in [1.165, 1.54) is 0 Å². The summed E-state index contributed by atoms with van der Waals surface area (Å²) in [5.74, 6) is 0.912. The van der Waals surface area contributed by atoms with Crippen LogP contribution in [-0.4, -0.2) is 91.8 Å². The van der Waals surface area contributed by atoms with Crippen LogP contribution < -0.4 is 59.1 Å². The first-order valence-corrected chi connectivity index (χ1v) is 26.3. The maximum absolute atomic E-state index is 13.8. The average Bonchev–Trinajstić information content (AvgIpc) is 3.78. The van der Waals surface area contributed by atoms with E-state index in [2.05, 4.69) is 102 Å². The lowest BCUT2D eigenvalue weighted by molar-refractivity contribution is -0.154. The number of aliphatic imine (C=N–C) groups is 1. The molecule has 4 rings (SSSR count). The number of unbranched alkanes of at least 4 members (excludes halogenated alkanes) is 2. The monoisotopic (exact) mass is 1010 g/mol. The van der Waals surface area contributed by atoms with Gasteiger partial charge < -0.3 is 62.6 Å². The Labute approximate surface area is 434 Å². The Morgan fingerprint density at radius 2 is 1.63 bits per heavy atom. The Bertz CT molecular complexity index is 2420. The van der Waals surface area contributed by atoms with Crippen LogP contribution in [0.15, 0.2) is 59.7 Å². The summed E-state index contributed by atoms with van der Waals surface area (Å²) >= 11 is 0. The number of fused-ring (bicyclic) bond motifs is 1. The zero-order valence-corrected chi connectivity index (χ0v) is 45.5. The molecule has 0 saturated carbocycles. The molecular formula is C56H88N10O7. The molecule has 0 spiro atoms. The van der Waals surface area contributed by atoms with E-state index in [1.807, 2.05) is 27.7 Å². The SMILES string of the molecule is CCCCCNC1=c2/c(ccn2Cc2ccc(C(C)(C)COCC(C)(C)CNC(CC)(CC)C(=O)OCc3ccc(NC(=O)[C@H](CCCNC(N)=O)NC(=O)[C@@H](N)C(C)C)cc3)cc2OC)=C\CCC/C(N)=N\1. The lowest BCUT2D eigenvalue weighted by Gasteiger charge is -2.35. The highest BCUT2D eigenvalue weighted by atomic mass is 16.5. The summed E-state index contributed by atoms with van der Waals surface area (Å²) in [6.07, 6.45) is 12.1. The van der Waals surface area contributed by atoms with Gasteiger partial charge in [-0.1, -0.05) is 105 Å². The molecule has 0 bridgehead atoms. The van der Waals surface area contributed by atoms with Crippen molar-refractivity contribution in [3.8, 4) is 5.75 Å². The van der Waals surface area contributed by atoms with Crippen molar-refractivity contribution in [1.82, 2.24) is 25.8 Å². The van der Waals surface area contributed by atoms with E-state index in [4.69, 9.17) is 36.4 Å². The number of methoxy groups -OCH3 is 1. The molecule has 0 radical (unpaired) electrons. The number of nitrogens with one attached hydrogen (secondary N) is 5. The first-order valence-electron chi connectivity index (χ1n) is 26.3. The van der Waals surface area contributed by atoms with Crippen molar-refractivity contribution < 1.29 is 33.4 Å². The van der Waals surface area contributed by atoms with E-state index >= 15 is 0 Å². The molecule has 1 aliphatic heterocycles. The summed E-state index contributed by atoms with van der Waals surface area (Å²) in [5.41, 5.74) is 19.4. The Morgan fingerprint density at radius 1 is 0.904 bits per heavy atom. The van der Waals surface area contributed by atoms with E-state index in [-0.39, 0.29) is 42.3 Å². The first kappa shape index (κ1) is 59.7. The fraction of sp³-hybridized carbons (Fsp3) is 0.589. The van der Waals surface area contributed by atoms with E-state index in [1.54, 1.807) is 31.4 Å². The third kappa shape index (κ3) is 18.2. The van der Waals surface area contributed by atoms with Crippen LogP contribution in [0.3, 0.4) is 0 Å². The van der Waals surface area contributed by atoms with Gasteiger partial charge in [-0.25, -0.2) is 9.79 Å². The molecule has 0 unspecified atom stereocenters. The zero-order valence-electron chi connectivity index (χ0n) is 45.5. The van der Waals surface area contributed by atoms with Crippen molar-refractivity contribution in [3.05, 3.63) is 82.0 Å². The van der Waals surface area contributed by atoms with Gasteiger partial charge in [0.2, 0.25) is 11.8 Å². The molecule has 11 N–H and O–H groups in total. The number of primary amides is 1. The van der Waals surface area contributed by atoms with Gasteiger partial charge in [0.1, 0.15) is 29.8 Å². The molecule has 73 heavy (non-hydrogen) atoms. The molecule has 2 atom stereocenters. The predicted molar refractivity (Wildman–Crippen MR) is 292 cm³/mol. The Balaban J connectivity index is 1.34. The van der Waals surface area contributed by atoms with Crippen molar-refractivity contribution in [3.63, 3.8) is 0 Å². The lowest BCUT2D eigenvalue weighted by Crippen LogP contribution is -2.55. The molecule has 17 heteroatoms. The van der Waals surface area contributed by atoms with Crippen LogP contribution in [0.2, 0.25) is 0 Å². The van der Waals surface area contributed by atoms with Crippen LogP contribution in [0.5, 0.6) is 5.75 Å². The maximum Gasteiger partial charge on any atom is 0.326 e. The van der Waals surface area contributed by atoms with Gasteiger partial charge >= 0.3 is 12.0 Å². The summed E-state index contributed by atoms with van der Waals surface area (Å²) in [6, 6.07) is 13.2. The van der Waals surface area contributed by atoms with Crippen molar-refractivity contribution in [2.45, 2.75) is 163 Å². The van der Waals surface area contributed by atoms with Gasteiger partial charge in [-0.15, -0.1) is 0 Å². The second-order valence-electron chi connectivity index (χ2n) is 21.2. The molecule has 404 valence electrons. The molecule has 1 aromatic heterocycles. The summed E-state index contributed by atoms with van der Waals surface area (Å²) in [4.78, 5) is 55.9. The van der Waals surface area contributed by atoms with E-state index in [0.29, 0.717) is 57.1 Å². The standard InChI is InChI=1S/C56H88N10O7/c1-11-14-17-29-60-49-48-40(19-15-16-21-46(57)65-49)28-31-66(48)33-41-24-25-42(32-45(41)71-10)55(8,9)37-72-36-54(6,7)35-62-56(12-2,13-3)52(69)73-34-39-22-26-43(27-23-39)63-50(67)44(20-18-30-61-53(59)70)64-51(68)47(58)38(4)5/h19,22-28,31-32,38,44,47,60,62H,11-18,20-21,29-30,33-37,58H2,1-10H3,(H2,57,65)(H,63,67)(H,64,68)(H3,59,61,70)/b40-19-,49-48+/t44-,47-/m0/s1. The van der Waals surface area contributed by atoms with Gasteiger partial charge in [0.25, 0.3) is 0 Å². The Morgan fingerprint density at radius 3 is 2.29 bits per heavy atom. The van der Waals surface area contributed by atoms with Crippen LogP contribution in [0, 0.1) is 11.3 Å². The van der Waals surface area contributed by atoms with Gasteiger partial charge in [-0.3, -0.25) is 14.4 Å². The number of anilines is 1. The highest BCUT2D eigenvalue weighted by Crippen LogP contribution is 2.31. The minimum absolute atomic E-state index is 0.0381. The number of rotatable bonds is 30. The fourth-order valence-electron chi connectivity index (χ4n) is 8.58. The number of hydrogen-bond donors (Lipinski definition) is 8. The molecule has 2 heterocycles. The quantitative estimate of drug-likeness (QED) is 0.0294. The van der Waals surface area contributed by atoms with Crippen molar-refractivity contribution >= 4 is 47.2 Å². The number of benzene rings is 2. The number of amides is 4. The molecule has 17 nitrogen and oxygen atoms in total. The molecule has 1 aliphatic rings. The van der Waals surface area contributed by atoms with Gasteiger partial charge in [0.15, 0.2) is 5.82 Å². The maximum atomic E-state index is 13.8. The lowest BCUT2D eigenvalue weighted by atomic mass is 9.84. The minimum atomic E-state index is -0.908. The summed E-state index contributed by atoms with van der Waals surface area (Å²) in [6.45, 7) is 21.5. The first-order chi connectivity index (χ1) is 34.7.